The molecule has 2 aromatic rings. The van der Waals surface area contributed by atoms with Crippen molar-refractivity contribution in [2.24, 2.45) is 0 Å². The Bertz CT molecular complexity index is 1160. The van der Waals surface area contributed by atoms with E-state index in [9.17, 15) is 24.0 Å². The van der Waals surface area contributed by atoms with E-state index in [-0.39, 0.29) is 36.3 Å². The molecule has 1 fully saturated rings. The number of carbonyl (C=O) groups excluding carboxylic acids is 5. The van der Waals surface area contributed by atoms with Crippen LogP contribution in [0.2, 0.25) is 0 Å². The van der Waals surface area contributed by atoms with Gasteiger partial charge in [0.1, 0.15) is 6.04 Å². The van der Waals surface area contributed by atoms with Gasteiger partial charge in [-0.25, -0.2) is 0 Å². The van der Waals surface area contributed by atoms with Crippen molar-refractivity contribution in [3.8, 4) is 0 Å². The van der Waals surface area contributed by atoms with Crippen LogP contribution in [0.15, 0.2) is 42.5 Å². The molecule has 2 heterocycles. The van der Waals surface area contributed by atoms with Crippen LogP contribution in [0.5, 0.6) is 0 Å². The summed E-state index contributed by atoms with van der Waals surface area (Å²) < 4.78 is 0. The van der Waals surface area contributed by atoms with Crippen molar-refractivity contribution >= 4 is 46.6 Å². The summed E-state index contributed by atoms with van der Waals surface area (Å²) >= 11 is 0. The molecule has 0 saturated carbocycles. The maximum Gasteiger partial charge on any atom is 0.264 e. The average Bonchev–Trinajstić information content (AvgIpc) is 3.04. The molecule has 2 aliphatic heterocycles. The van der Waals surface area contributed by atoms with Gasteiger partial charge in [-0.05, 0) is 37.1 Å². The lowest BCUT2D eigenvalue weighted by Crippen LogP contribution is -2.54. The molecule has 33 heavy (non-hydrogen) atoms. The lowest BCUT2D eigenvalue weighted by molar-refractivity contribution is -0.136. The van der Waals surface area contributed by atoms with Gasteiger partial charge < -0.3 is 16.4 Å². The Morgan fingerprint density at radius 3 is 2.55 bits per heavy atom. The zero-order chi connectivity index (χ0) is 23.5. The summed E-state index contributed by atoms with van der Waals surface area (Å²) in [4.78, 5) is 62.6. The Labute approximate surface area is 189 Å². The monoisotopic (exact) mass is 449 g/mol. The molecule has 10 nitrogen and oxygen atoms in total. The molecular formula is C23H23N5O5. The van der Waals surface area contributed by atoms with E-state index in [0.717, 1.165) is 4.90 Å². The molecule has 2 aliphatic rings. The standard InChI is InChI=1S/C23H23N5O5/c24-14-6-1-2-7-15(14)26-18(29)9-4-12-25-16-8-3-5-13-20(16)23(33)28(22(13)32)17-10-11-19(30)27-21(17)31/h1-3,5-8,17,25H,4,9-12,24H2,(H,26,29)(H,27,30,31). The second-order valence-corrected chi connectivity index (χ2v) is 7.84. The van der Waals surface area contributed by atoms with Gasteiger partial charge in [0, 0.05) is 25.1 Å². The normalized spacial score (nSPS) is 17.6. The molecule has 4 rings (SSSR count). The zero-order valence-electron chi connectivity index (χ0n) is 17.7. The number of hydrogen-bond donors (Lipinski definition) is 4. The summed E-state index contributed by atoms with van der Waals surface area (Å²) in [5.74, 6) is -2.41. The molecule has 0 aliphatic carbocycles. The van der Waals surface area contributed by atoms with Crippen LogP contribution >= 0.6 is 0 Å². The number of piperidine rings is 1. The van der Waals surface area contributed by atoms with E-state index in [1.54, 1.807) is 36.4 Å². The van der Waals surface area contributed by atoms with Crippen molar-refractivity contribution < 1.29 is 24.0 Å². The van der Waals surface area contributed by atoms with Gasteiger partial charge in [0.2, 0.25) is 17.7 Å². The fraction of sp³-hybridized carbons (Fsp3) is 0.261. The molecule has 170 valence electrons. The van der Waals surface area contributed by atoms with Crippen LogP contribution < -0.4 is 21.7 Å². The first-order chi connectivity index (χ1) is 15.9. The van der Waals surface area contributed by atoms with E-state index < -0.39 is 29.7 Å². The maximum atomic E-state index is 13.1. The van der Waals surface area contributed by atoms with Crippen LogP contribution in [0.3, 0.4) is 0 Å². The first-order valence-electron chi connectivity index (χ1n) is 10.6. The minimum absolute atomic E-state index is 0.0611. The number of imide groups is 2. The number of anilines is 3. The number of fused-ring (bicyclic) bond motifs is 1. The van der Waals surface area contributed by atoms with Crippen LogP contribution in [0.4, 0.5) is 17.1 Å². The molecule has 0 bridgehead atoms. The fourth-order valence-electron chi connectivity index (χ4n) is 3.96. The lowest BCUT2D eigenvalue weighted by atomic mass is 10.0. The Morgan fingerprint density at radius 1 is 1.03 bits per heavy atom. The minimum atomic E-state index is -1.02. The Hall–Kier alpha value is -4.21. The van der Waals surface area contributed by atoms with Crippen LogP contribution in [-0.4, -0.2) is 47.0 Å². The van der Waals surface area contributed by atoms with Gasteiger partial charge >= 0.3 is 0 Å². The predicted octanol–water partition coefficient (Wildman–Crippen LogP) is 1.50. The molecule has 0 radical (unpaired) electrons. The Balaban J connectivity index is 1.38. The van der Waals surface area contributed by atoms with Crippen molar-refractivity contribution in [2.45, 2.75) is 31.7 Å². The van der Waals surface area contributed by atoms with Crippen molar-refractivity contribution in [2.75, 3.05) is 22.9 Å². The van der Waals surface area contributed by atoms with Crippen molar-refractivity contribution in [1.82, 2.24) is 10.2 Å². The third kappa shape index (κ3) is 4.40. The van der Waals surface area contributed by atoms with Crippen LogP contribution in [0.1, 0.15) is 46.4 Å². The summed E-state index contributed by atoms with van der Waals surface area (Å²) in [6.45, 7) is 0.383. The first-order valence-corrected chi connectivity index (χ1v) is 10.6. The highest BCUT2D eigenvalue weighted by atomic mass is 16.2. The highest BCUT2D eigenvalue weighted by Gasteiger charge is 2.45. The second-order valence-electron chi connectivity index (χ2n) is 7.84. The molecular weight excluding hydrogens is 426 g/mol. The summed E-state index contributed by atoms with van der Waals surface area (Å²) in [5, 5.41) is 8.04. The largest absolute Gasteiger partial charge is 0.397 e. The number of hydrogen-bond acceptors (Lipinski definition) is 7. The first kappa shape index (κ1) is 22.0. The van der Waals surface area contributed by atoms with Gasteiger partial charge in [-0.3, -0.25) is 34.2 Å². The summed E-state index contributed by atoms with van der Waals surface area (Å²) in [6.07, 6.45) is 0.860. The van der Waals surface area contributed by atoms with Gasteiger partial charge in [-0.2, -0.15) is 0 Å². The smallest absolute Gasteiger partial charge is 0.264 e. The van der Waals surface area contributed by atoms with E-state index in [1.165, 1.54) is 6.07 Å². The highest BCUT2D eigenvalue weighted by molar-refractivity contribution is 6.25. The van der Waals surface area contributed by atoms with Crippen LogP contribution in [0, 0.1) is 0 Å². The summed E-state index contributed by atoms with van der Waals surface area (Å²) in [7, 11) is 0. The van der Waals surface area contributed by atoms with Gasteiger partial charge in [-0.15, -0.1) is 0 Å². The number of nitrogens with one attached hydrogen (secondary N) is 3. The SMILES string of the molecule is Nc1ccccc1NC(=O)CCCNc1cccc2c1C(=O)N(C1CCC(=O)NC1=O)C2=O. The summed E-state index contributed by atoms with van der Waals surface area (Å²) in [5.41, 5.74) is 7.70. The third-order valence-corrected chi connectivity index (χ3v) is 5.60. The molecule has 5 amide bonds. The molecule has 10 heteroatoms. The molecule has 1 atom stereocenters. The van der Waals surface area contributed by atoms with E-state index in [0.29, 0.717) is 30.0 Å². The van der Waals surface area contributed by atoms with E-state index in [1.807, 2.05) is 0 Å². The predicted molar refractivity (Wildman–Crippen MR) is 120 cm³/mol. The van der Waals surface area contributed by atoms with Gasteiger partial charge in [-0.1, -0.05) is 18.2 Å². The number of nitrogens with zero attached hydrogens (tertiary/aromatic N) is 1. The number of nitrogens with two attached hydrogens (primary N) is 1. The average molecular weight is 449 g/mol. The molecule has 2 aromatic carbocycles. The van der Waals surface area contributed by atoms with Crippen molar-refractivity contribution in [3.63, 3.8) is 0 Å². The highest BCUT2D eigenvalue weighted by Crippen LogP contribution is 2.32. The number of carbonyl (C=O) groups is 5. The third-order valence-electron chi connectivity index (χ3n) is 5.60. The number of benzene rings is 2. The van der Waals surface area contributed by atoms with Gasteiger partial charge in [0.25, 0.3) is 11.8 Å². The van der Waals surface area contributed by atoms with E-state index in [2.05, 4.69) is 16.0 Å². The molecule has 0 aromatic heterocycles. The number of amides is 5. The second kappa shape index (κ2) is 9.11. The summed E-state index contributed by atoms with van der Waals surface area (Å²) in [6, 6.07) is 10.8. The van der Waals surface area contributed by atoms with Gasteiger partial charge in [0.15, 0.2) is 0 Å². The Kier molecular flexibility index (Phi) is 6.07. The zero-order valence-corrected chi connectivity index (χ0v) is 17.7. The lowest BCUT2D eigenvalue weighted by Gasteiger charge is -2.27. The van der Waals surface area contributed by atoms with Crippen LogP contribution in [0.25, 0.3) is 0 Å². The number of para-hydroxylation sites is 2. The maximum absolute atomic E-state index is 13.1. The molecule has 5 N–H and O–H groups in total. The van der Waals surface area contributed by atoms with E-state index in [4.69, 9.17) is 5.73 Å². The van der Waals surface area contributed by atoms with Crippen molar-refractivity contribution in [3.05, 3.63) is 53.6 Å². The van der Waals surface area contributed by atoms with Gasteiger partial charge in [0.05, 0.1) is 22.5 Å². The number of rotatable bonds is 7. The Morgan fingerprint density at radius 2 is 1.79 bits per heavy atom. The van der Waals surface area contributed by atoms with Crippen LogP contribution in [-0.2, 0) is 14.4 Å². The van der Waals surface area contributed by atoms with E-state index >= 15 is 0 Å². The molecule has 1 saturated heterocycles. The number of nitrogen functional groups attached to an aromatic ring is 1. The van der Waals surface area contributed by atoms with Crippen molar-refractivity contribution in [1.29, 1.82) is 0 Å². The molecule has 0 spiro atoms. The minimum Gasteiger partial charge on any atom is -0.397 e. The quantitative estimate of drug-likeness (QED) is 0.284. The fourth-order valence-corrected chi connectivity index (χ4v) is 3.96. The molecule has 1 unspecified atom stereocenters. The topological polar surface area (TPSA) is 151 Å².